The molecule has 2 saturated heterocycles. The number of ether oxygens (including phenoxy) is 1. The van der Waals surface area contributed by atoms with Gasteiger partial charge in [-0.25, -0.2) is 0 Å². The fourth-order valence-corrected chi connectivity index (χ4v) is 2.61. The van der Waals surface area contributed by atoms with Crippen molar-refractivity contribution in [2.75, 3.05) is 0 Å². The molecule has 2 bridgehead atoms. The van der Waals surface area contributed by atoms with Crippen LogP contribution < -0.4 is 29.6 Å². The van der Waals surface area contributed by atoms with Crippen LogP contribution in [0.2, 0.25) is 0 Å². The zero-order chi connectivity index (χ0) is 7.14. The molecule has 58 valence electrons. The van der Waals surface area contributed by atoms with Crippen molar-refractivity contribution < 1.29 is 43.1 Å². The van der Waals surface area contributed by atoms with E-state index in [4.69, 9.17) is 4.74 Å². The van der Waals surface area contributed by atoms with Crippen LogP contribution >= 0.6 is 0 Å². The molecule has 0 spiro atoms. The van der Waals surface area contributed by atoms with Crippen LogP contribution in [-0.4, -0.2) is 26.2 Å². The van der Waals surface area contributed by atoms with E-state index in [-0.39, 0.29) is 47.0 Å². The molecule has 0 aromatic carbocycles. The summed E-state index contributed by atoms with van der Waals surface area (Å²) in [5.41, 5.74) is 0. The number of rotatable bonds is 1. The molecule has 0 aliphatic carbocycles. The van der Waals surface area contributed by atoms with Gasteiger partial charge in [0.2, 0.25) is 0 Å². The van der Waals surface area contributed by atoms with Crippen LogP contribution in [0.4, 0.5) is 0 Å². The Morgan fingerprint density at radius 3 is 2.45 bits per heavy atom. The fourth-order valence-electron chi connectivity index (χ4n) is 1.79. The summed E-state index contributed by atoms with van der Waals surface area (Å²) < 4.78 is 26.4. The summed E-state index contributed by atoms with van der Waals surface area (Å²) in [7, 11) is 0. The van der Waals surface area contributed by atoms with E-state index in [0.29, 0.717) is 0 Å². The molecule has 0 aromatic heterocycles. The third-order valence-electron chi connectivity index (χ3n) is 2.30. The second-order valence-electron chi connectivity index (χ2n) is 2.91. The molecule has 2 aliphatic rings. The Bertz CT molecular complexity index is 175. The summed E-state index contributed by atoms with van der Waals surface area (Å²) >= 11 is -1.92. The second kappa shape index (κ2) is 3.85. The van der Waals surface area contributed by atoms with Gasteiger partial charge in [0.1, 0.15) is 0 Å². The summed E-state index contributed by atoms with van der Waals surface area (Å²) in [6, 6.07) is 0. The van der Waals surface area contributed by atoms with Gasteiger partial charge in [0.25, 0.3) is 0 Å². The quantitative estimate of drug-likeness (QED) is 0.326. The Hall–Kier alpha value is 1.07. The number of hydrogen-bond donors (Lipinski definition) is 0. The van der Waals surface area contributed by atoms with Crippen LogP contribution in [0.1, 0.15) is 19.3 Å². The van der Waals surface area contributed by atoms with E-state index < -0.39 is 11.1 Å². The van der Waals surface area contributed by atoms with Gasteiger partial charge in [-0.05, 0) is 30.3 Å². The van der Waals surface area contributed by atoms with Crippen molar-refractivity contribution >= 4 is 11.1 Å². The second-order valence-corrected chi connectivity index (χ2v) is 4.04. The zero-order valence-corrected chi connectivity index (χ0v) is 9.30. The van der Waals surface area contributed by atoms with E-state index >= 15 is 0 Å². The Labute approximate surface area is 90.5 Å². The van der Waals surface area contributed by atoms with Crippen molar-refractivity contribution in [3.63, 3.8) is 0 Å². The van der Waals surface area contributed by atoms with Gasteiger partial charge in [-0.1, -0.05) is 0 Å². The minimum absolute atomic E-state index is 0. The molecule has 2 aliphatic heterocycles. The van der Waals surface area contributed by atoms with Gasteiger partial charge in [0.15, 0.2) is 0 Å². The van der Waals surface area contributed by atoms with Gasteiger partial charge in [-0.2, -0.15) is 0 Å². The van der Waals surface area contributed by atoms with E-state index in [0.717, 1.165) is 19.3 Å². The molecule has 0 aromatic rings. The molecule has 4 atom stereocenters. The van der Waals surface area contributed by atoms with Gasteiger partial charge in [-0.15, -0.1) is 0 Å². The summed E-state index contributed by atoms with van der Waals surface area (Å²) in [6.45, 7) is 0. The largest absolute Gasteiger partial charge is 1.00 e. The van der Waals surface area contributed by atoms with Crippen molar-refractivity contribution in [2.24, 2.45) is 0 Å². The maximum Gasteiger partial charge on any atom is 1.00 e. The van der Waals surface area contributed by atoms with Crippen molar-refractivity contribution in [3.8, 4) is 0 Å². The normalized spacial score (nSPS) is 43.5. The first-order valence-electron chi connectivity index (χ1n) is 3.51. The predicted molar refractivity (Wildman–Crippen MR) is 35.2 cm³/mol. The molecule has 0 N–H and O–H groups in total. The molecule has 2 rings (SSSR count). The van der Waals surface area contributed by atoms with E-state index in [1.165, 1.54) is 0 Å². The first kappa shape index (κ1) is 10.2. The maximum atomic E-state index is 10.5. The first-order chi connectivity index (χ1) is 4.77. The number of hydrogen-bond acceptors (Lipinski definition) is 3. The monoisotopic (exact) mass is 184 g/mol. The first-order valence-corrected chi connectivity index (χ1v) is 4.64. The third-order valence-corrected chi connectivity index (χ3v) is 3.29. The molecule has 2 heterocycles. The minimum Gasteiger partial charge on any atom is -0.772 e. The summed E-state index contributed by atoms with van der Waals surface area (Å²) in [5, 5.41) is -0.209. The van der Waals surface area contributed by atoms with Crippen LogP contribution in [-0.2, 0) is 15.8 Å². The molecule has 3 nitrogen and oxygen atoms in total. The minimum atomic E-state index is -1.92. The molecule has 2 fully saturated rings. The van der Waals surface area contributed by atoms with Crippen LogP contribution in [0.15, 0.2) is 0 Å². The molecular weight excluding hydrogens is 175 g/mol. The molecule has 0 radical (unpaired) electrons. The zero-order valence-electron chi connectivity index (χ0n) is 6.49. The molecule has 0 amide bonds. The Morgan fingerprint density at radius 1 is 1.45 bits per heavy atom. The standard InChI is InChI=1S/C6H10O3S.Na/c7-10(8)6-3-4-1-2-5(6)9-4;/h4-6H,1-3H2,(H,7,8);/q;+1/p-1/t4-,5+,6-;/m0./s1. The smallest absolute Gasteiger partial charge is 0.772 e. The van der Waals surface area contributed by atoms with Gasteiger partial charge < -0.3 is 9.29 Å². The predicted octanol–water partition coefficient (Wildman–Crippen LogP) is -2.81. The van der Waals surface area contributed by atoms with Crippen molar-refractivity contribution in [3.05, 3.63) is 0 Å². The molecule has 11 heavy (non-hydrogen) atoms. The Balaban J connectivity index is 0.000000605. The van der Waals surface area contributed by atoms with Gasteiger partial charge in [0, 0.05) is 0 Å². The number of fused-ring (bicyclic) bond motifs is 2. The topological polar surface area (TPSA) is 49.4 Å². The fraction of sp³-hybridized carbons (Fsp3) is 1.00. The summed E-state index contributed by atoms with van der Waals surface area (Å²) in [5.74, 6) is 0. The van der Waals surface area contributed by atoms with Crippen molar-refractivity contribution in [1.82, 2.24) is 0 Å². The van der Waals surface area contributed by atoms with Crippen LogP contribution in [0.25, 0.3) is 0 Å². The van der Waals surface area contributed by atoms with E-state index in [9.17, 15) is 8.76 Å². The third kappa shape index (κ3) is 1.87. The van der Waals surface area contributed by atoms with Crippen LogP contribution in [0.5, 0.6) is 0 Å². The Morgan fingerprint density at radius 2 is 2.18 bits per heavy atom. The SMILES string of the molecule is O=S([O-])[C@H]1C[C@@H]2CC[C@H]1O2.[Na+]. The average Bonchev–Trinajstić information content (AvgIpc) is 2.44. The van der Waals surface area contributed by atoms with Crippen LogP contribution in [0.3, 0.4) is 0 Å². The Kier molecular flexibility index (Phi) is 3.56. The molecule has 1 unspecified atom stereocenters. The van der Waals surface area contributed by atoms with E-state index in [1.54, 1.807) is 0 Å². The molecule has 5 heteroatoms. The van der Waals surface area contributed by atoms with Crippen LogP contribution in [0, 0.1) is 0 Å². The maximum absolute atomic E-state index is 10.5. The summed E-state index contributed by atoms with van der Waals surface area (Å²) in [6.07, 6.45) is 2.97. The summed E-state index contributed by atoms with van der Waals surface area (Å²) in [4.78, 5) is 0. The van der Waals surface area contributed by atoms with E-state index in [2.05, 4.69) is 0 Å². The van der Waals surface area contributed by atoms with Crippen molar-refractivity contribution in [1.29, 1.82) is 0 Å². The molecule has 0 saturated carbocycles. The van der Waals surface area contributed by atoms with E-state index in [1.807, 2.05) is 0 Å². The van der Waals surface area contributed by atoms with Gasteiger partial charge in [-0.3, -0.25) is 4.21 Å². The van der Waals surface area contributed by atoms with Gasteiger partial charge in [0.05, 0.1) is 17.5 Å². The van der Waals surface area contributed by atoms with Crippen molar-refractivity contribution in [2.45, 2.75) is 36.7 Å². The van der Waals surface area contributed by atoms with Gasteiger partial charge >= 0.3 is 29.6 Å². The molecular formula is C6H9NaO3S. The average molecular weight is 184 g/mol.